The molecular formula is C20H21FO4. The summed E-state index contributed by atoms with van der Waals surface area (Å²) >= 11 is 0. The molecule has 1 saturated heterocycles. The summed E-state index contributed by atoms with van der Waals surface area (Å²) in [5, 5.41) is 0. The van der Waals surface area contributed by atoms with Gasteiger partial charge in [-0.1, -0.05) is 18.2 Å². The van der Waals surface area contributed by atoms with E-state index in [9.17, 15) is 9.18 Å². The van der Waals surface area contributed by atoms with Crippen molar-refractivity contribution in [2.75, 3.05) is 20.8 Å². The third-order valence-corrected chi connectivity index (χ3v) is 4.60. The molecule has 0 spiro atoms. The van der Waals surface area contributed by atoms with E-state index in [-0.39, 0.29) is 23.6 Å². The number of rotatable bonds is 6. The molecule has 5 heteroatoms. The van der Waals surface area contributed by atoms with Crippen LogP contribution in [0.4, 0.5) is 4.39 Å². The van der Waals surface area contributed by atoms with Crippen LogP contribution in [0, 0.1) is 17.7 Å². The Kier molecular flexibility index (Phi) is 5.22. The van der Waals surface area contributed by atoms with Crippen LogP contribution in [0.15, 0.2) is 42.5 Å². The van der Waals surface area contributed by atoms with Crippen molar-refractivity contribution in [3.63, 3.8) is 0 Å². The van der Waals surface area contributed by atoms with Gasteiger partial charge < -0.3 is 14.2 Å². The maximum absolute atomic E-state index is 13.4. The molecular weight excluding hydrogens is 323 g/mol. The summed E-state index contributed by atoms with van der Waals surface area (Å²) < 4.78 is 29.2. The van der Waals surface area contributed by atoms with Gasteiger partial charge in [-0.05, 0) is 48.2 Å². The molecule has 25 heavy (non-hydrogen) atoms. The number of hydrogen-bond acceptors (Lipinski definition) is 4. The Balaban J connectivity index is 1.75. The maximum Gasteiger partial charge on any atom is 0.309 e. The van der Waals surface area contributed by atoms with Gasteiger partial charge in [0.2, 0.25) is 0 Å². The molecule has 1 aliphatic rings. The minimum atomic E-state index is -0.291. The Hall–Kier alpha value is -2.56. The first kappa shape index (κ1) is 17.3. The van der Waals surface area contributed by atoms with E-state index in [0.29, 0.717) is 30.9 Å². The highest BCUT2D eigenvalue weighted by molar-refractivity contribution is 5.75. The minimum absolute atomic E-state index is 0.0499. The van der Waals surface area contributed by atoms with Gasteiger partial charge in [-0.15, -0.1) is 0 Å². The molecule has 2 atom stereocenters. The lowest BCUT2D eigenvalue weighted by Crippen LogP contribution is -2.20. The highest BCUT2D eigenvalue weighted by atomic mass is 19.1. The van der Waals surface area contributed by atoms with E-state index >= 15 is 0 Å². The Morgan fingerprint density at radius 1 is 1.04 bits per heavy atom. The fourth-order valence-corrected chi connectivity index (χ4v) is 3.28. The average molecular weight is 344 g/mol. The molecule has 0 N–H and O–H groups in total. The van der Waals surface area contributed by atoms with Crippen LogP contribution in [0.25, 0.3) is 0 Å². The lowest BCUT2D eigenvalue weighted by Gasteiger charge is -2.16. The lowest BCUT2D eigenvalue weighted by atomic mass is 9.85. The van der Waals surface area contributed by atoms with Crippen LogP contribution < -0.4 is 9.47 Å². The molecule has 0 radical (unpaired) electrons. The van der Waals surface area contributed by atoms with Crippen LogP contribution >= 0.6 is 0 Å². The highest BCUT2D eigenvalue weighted by Crippen LogP contribution is 2.32. The van der Waals surface area contributed by atoms with Gasteiger partial charge in [-0.25, -0.2) is 4.39 Å². The summed E-state index contributed by atoms with van der Waals surface area (Å²) in [4.78, 5) is 12.1. The largest absolute Gasteiger partial charge is 0.493 e. The molecule has 0 aliphatic carbocycles. The number of cyclic esters (lactones) is 1. The zero-order valence-electron chi connectivity index (χ0n) is 14.3. The number of carbonyl (C=O) groups is 1. The molecule has 2 aromatic rings. The summed E-state index contributed by atoms with van der Waals surface area (Å²) in [7, 11) is 3.19. The van der Waals surface area contributed by atoms with Crippen LogP contribution in [-0.2, 0) is 22.4 Å². The Morgan fingerprint density at radius 2 is 1.80 bits per heavy atom. The SMILES string of the molecule is COc1ccc(C[C@H]2COC(=O)[C@@H]2Cc2cccc(F)c2)cc1OC. The first-order valence-corrected chi connectivity index (χ1v) is 8.22. The van der Waals surface area contributed by atoms with Crippen molar-refractivity contribution in [3.8, 4) is 11.5 Å². The van der Waals surface area contributed by atoms with Crippen molar-refractivity contribution in [2.24, 2.45) is 11.8 Å². The van der Waals surface area contributed by atoms with E-state index in [0.717, 1.165) is 11.1 Å². The maximum atomic E-state index is 13.4. The van der Waals surface area contributed by atoms with Gasteiger partial charge in [0.05, 0.1) is 26.7 Å². The first-order valence-electron chi connectivity index (χ1n) is 8.22. The molecule has 1 fully saturated rings. The van der Waals surface area contributed by atoms with Gasteiger partial charge in [-0.3, -0.25) is 4.79 Å². The van der Waals surface area contributed by atoms with E-state index < -0.39 is 0 Å². The number of esters is 1. The number of ether oxygens (including phenoxy) is 3. The second kappa shape index (κ2) is 7.55. The van der Waals surface area contributed by atoms with Gasteiger partial charge in [0.15, 0.2) is 11.5 Å². The number of benzene rings is 2. The van der Waals surface area contributed by atoms with E-state index in [1.54, 1.807) is 20.3 Å². The first-order chi connectivity index (χ1) is 12.1. The fraction of sp³-hybridized carbons (Fsp3) is 0.350. The summed E-state index contributed by atoms with van der Waals surface area (Å²) in [5.74, 6) is 0.604. The van der Waals surface area contributed by atoms with E-state index in [2.05, 4.69) is 0 Å². The number of carbonyl (C=O) groups excluding carboxylic acids is 1. The molecule has 2 aromatic carbocycles. The molecule has 4 nitrogen and oxygen atoms in total. The number of halogens is 1. The van der Waals surface area contributed by atoms with Crippen molar-refractivity contribution < 1.29 is 23.4 Å². The predicted octanol–water partition coefficient (Wildman–Crippen LogP) is 3.42. The van der Waals surface area contributed by atoms with E-state index in [1.807, 2.05) is 24.3 Å². The van der Waals surface area contributed by atoms with Crippen molar-refractivity contribution in [2.45, 2.75) is 12.8 Å². The van der Waals surface area contributed by atoms with Gasteiger partial charge in [-0.2, -0.15) is 0 Å². The zero-order chi connectivity index (χ0) is 17.8. The quantitative estimate of drug-likeness (QED) is 0.753. The van der Waals surface area contributed by atoms with Crippen molar-refractivity contribution in [3.05, 3.63) is 59.4 Å². The number of hydrogen-bond donors (Lipinski definition) is 0. The summed E-state index contributed by atoms with van der Waals surface area (Å²) in [6.45, 7) is 0.382. The highest BCUT2D eigenvalue weighted by Gasteiger charge is 2.36. The second-order valence-electron chi connectivity index (χ2n) is 6.22. The van der Waals surface area contributed by atoms with Crippen LogP contribution in [0.3, 0.4) is 0 Å². The monoisotopic (exact) mass is 344 g/mol. The molecule has 3 rings (SSSR count). The smallest absolute Gasteiger partial charge is 0.309 e. The third kappa shape index (κ3) is 3.92. The normalized spacial score (nSPS) is 19.6. The third-order valence-electron chi connectivity index (χ3n) is 4.60. The summed E-state index contributed by atoms with van der Waals surface area (Å²) in [6, 6.07) is 12.1. The van der Waals surface area contributed by atoms with Gasteiger partial charge in [0, 0.05) is 5.92 Å². The van der Waals surface area contributed by atoms with Crippen molar-refractivity contribution >= 4 is 5.97 Å². The van der Waals surface area contributed by atoms with Crippen LogP contribution in [0.1, 0.15) is 11.1 Å². The standard InChI is InChI=1S/C20H21FO4/c1-23-18-7-6-14(11-19(18)24-2)8-15-12-25-20(22)17(15)10-13-4-3-5-16(21)9-13/h3-7,9,11,15,17H,8,10,12H2,1-2H3/t15-,17+/m0/s1. The van der Waals surface area contributed by atoms with Gasteiger partial charge in [0.25, 0.3) is 0 Å². The van der Waals surface area contributed by atoms with Crippen LogP contribution in [-0.4, -0.2) is 26.8 Å². The second-order valence-corrected chi connectivity index (χ2v) is 6.22. The molecule has 0 amide bonds. The topological polar surface area (TPSA) is 44.8 Å². The van der Waals surface area contributed by atoms with Crippen LogP contribution in [0.5, 0.6) is 11.5 Å². The molecule has 0 unspecified atom stereocenters. The fourth-order valence-electron chi connectivity index (χ4n) is 3.28. The van der Waals surface area contributed by atoms with E-state index in [1.165, 1.54) is 12.1 Å². The van der Waals surface area contributed by atoms with Gasteiger partial charge in [0.1, 0.15) is 5.82 Å². The number of methoxy groups -OCH3 is 2. The predicted molar refractivity (Wildman–Crippen MR) is 91.3 cm³/mol. The minimum Gasteiger partial charge on any atom is -0.493 e. The van der Waals surface area contributed by atoms with E-state index in [4.69, 9.17) is 14.2 Å². The zero-order valence-corrected chi connectivity index (χ0v) is 14.3. The Bertz CT molecular complexity index is 759. The molecule has 0 saturated carbocycles. The van der Waals surface area contributed by atoms with Crippen LogP contribution in [0.2, 0.25) is 0 Å². The molecule has 0 bridgehead atoms. The molecule has 1 heterocycles. The Morgan fingerprint density at radius 3 is 2.52 bits per heavy atom. The molecule has 132 valence electrons. The Labute approximate surface area is 146 Å². The average Bonchev–Trinajstić information content (AvgIpc) is 2.95. The van der Waals surface area contributed by atoms with Crippen molar-refractivity contribution in [1.82, 2.24) is 0 Å². The lowest BCUT2D eigenvalue weighted by molar-refractivity contribution is -0.141. The summed E-state index contributed by atoms with van der Waals surface area (Å²) in [6.07, 6.45) is 1.17. The summed E-state index contributed by atoms with van der Waals surface area (Å²) in [5.41, 5.74) is 1.85. The molecule has 0 aromatic heterocycles. The molecule has 1 aliphatic heterocycles. The van der Waals surface area contributed by atoms with Crippen molar-refractivity contribution in [1.29, 1.82) is 0 Å². The van der Waals surface area contributed by atoms with Gasteiger partial charge >= 0.3 is 5.97 Å².